The van der Waals surface area contributed by atoms with E-state index in [0.717, 1.165) is 18.5 Å². The molecule has 0 radical (unpaired) electrons. The van der Waals surface area contributed by atoms with Crippen molar-refractivity contribution < 1.29 is 4.79 Å². The van der Waals surface area contributed by atoms with Crippen LogP contribution in [-0.2, 0) is 11.3 Å². The maximum absolute atomic E-state index is 11.8. The molecule has 0 atom stereocenters. The third kappa shape index (κ3) is 3.06. The van der Waals surface area contributed by atoms with Crippen molar-refractivity contribution in [1.29, 1.82) is 0 Å². The second kappa shape index (κ2) is 5.31. The van der Waals surface area contributed by atoms with Crippen LogP contribution in [0.4, 0.5) is 0 Å². The summed E-state index contributed by atoms with van der Waals surface area (Å²) in [6.07, 6.45) is 6.45. The fourth-order valence-corrected chi connectivity index (χ4v) is 2.46. The van der Waals surface area contributed by atoms with Crippen LogP contribution >= 0.6 is 12.2 Å². The van der Waals surface area contributed by atoms with Crippen LogP contribution in [0.2, 0.25) is 0 Å². The zero-order valence-corrected chi connectivity index (χ0v) is 10.5. The minimum absolute atomic E-state index is 0.0330. The standard InChI is InChI=1S/C12H17N3OS/c13-12(17)10-6-3-7-15(10)8-11(16)14-9-4-1-2-5-9/h3,6-7,9H,1-2,4-5,8H2,(H2,13,17)(H,14,16). The monoisotopic (exact) mass is 251 g/mol. The molecule has 1 fully saturated rings. The van der Waals surface area contributed by atoms with Crippen LogP contribution in [0, 0.1) is 0 Å². The van der Waals surface area contributed by atoms with Crippen molar-refractivity contribution in [3.05, 3.63) is 24.0 Å². The Bertz CT molecular complexity index is 421. The number of hydrogen-bond donors (Lipinski definition) is 2. The molecule has 5 heteroatoms. The first-order valence-electron chi connectivity index (χ1n) is 5.91. The van der Waals surface area contributed by atoms with Gasteiger partial charge in [-0.25, -0.2) is 0 Å². The average Bonchev–Trinajstić information content (AvgIpc) is 2.88. The highest BCUT2D eigenvalue weighted by molar-refractivity contribution is 7.80. The Balaban J connectivity index is 1.93. The Hall–Kier alpha value is -1.36. The molecule has 0 aromatic carbocycles. The summed E-state index contributed by atoms with van der Waals surface area (Å²) in [4.78, 5) is 12.1. The van der Waals surface area contributed by atoms with E-state index >= 15 is 0 Å². The number of aromatic nitrogens is 1. The molecule has 3 N–H and O–H groups in total. The van der Waals surface area contributed by atoms with Crippen molar-refractivity contribution in [2.75, 3.05) is 0 Å². The highest BCUT2D eigenvalue weighted by Gasteiger charge is 2.17. The van der Waals surface area contributed by atoms with Crippen LogP contribution in [0.3, 0.4) is 0 Å². The lowest BCUT2D eigenvalue weighted by Gasteiger charge is -2.13. The summed E-state index contributed by atoms with van der Waals surface area (Å²) in [6.45, 7) is 0.288. The molecule has 1 amide bonds. The maximum Gasteiger partial charge on any atom is 0.240 e. The van der Waals surface area contributed by atoms with Crippen LogP contribution < -0.4 is 11.1 Å². The summed E-state index contributed by atoms with van der Waals surface area (Å²) in [5, 5.41) is 3.04. The molecule has 0 saturated heterocycles. The molecule has 1 aliphatic carbocycles. The van der Waals surface area contributed by atoms with E-state index in [2.05, 4.69) is 5.32 Å². The minimum Gasteiger partial charge on any atom is -0.388 e. The number of thiocarbonyl (C=S) groups is 1. The normalized spacial score (nSPS) is 16.0. The number of amides is 1. The van der Waals surface area contributed by atoms with Crippen LogP contribution in [0.1, 0.15) is 31.4 Å². The van der Waals surface area contributed by atoms with E-state index in [1.807, 2.05) is 18.3 Å². The average molecular weight is 251 g/mol. The molecular formula is C12H17N3OS. The summed E-state index contributed by atoms with van der Waals surface area (Å²) in [7, 11) is 0. The molecule has 0 unspecified atom stereocenters. The fourth-order valence-electron chi connectivity index (χ4n) is 2.27. The van der Waals surface area contributed by atoms with Gasteiger partial charge < -0.3 is 15.6 Å². The van der Waals surface area contributed by atoms with Gasteiger partial charge in [-0.05, 0) is 25.0 Å². The van der Waals surface area contributed by atoms with Gasteiger partial charge in [0.2, 0.25) is 5.91 Å². The predicted octanol–water partition coefficient (Wildman–Crippen LogP) is 1.18. The molecule has 1 aromatic heterocycles. The van der Waals surface area contributed by atoms with Crippen LogP contribution in [0.5, 0.6) is 0 Å². The number of carbonyl (C=O) groups excluding carboxylic acids is 1. The first kappa shape index (κ1) is 12.1. The van der Waals surface area contributed by atoms with Gasteiger partial charge in [-0.2, -0.15) is 0 Å². The molecule has 92 valence electrons. The molecule has 0 spiro atoms. The summed E-state index contributed by atoms with van der Waals surface area (Å²) in [6, 6.07) is 4.02. The first-order chi connectivity index (χ1) is 8.16. The number of nitrogens with one attached hydrogen (secondary N) is 1. The lowest BCUT2D eigenvalue weighted by molar-refractivity contribution is -0.122. The van der Waals surface area contributed by atoms with E-state index in [1.54, 1.807) is 4.57 Å². The van der Waals surface area contributed by atoms with E-state index in [0.29, 0.717) is 11.0 Å². The molecular weight excluding hydrogens is 234 g/mol. The Morgan fingerprint density at radius 1 is 1.53 bits per heavy atom. The van der Waals surface area contributed by atoms with E-state index in [4.69, 9.17) is 18.0 Å². The third-order valence-corrected chi connectivity index (χ3v) is 3.33. The zero-order valence-electron chi connectivity index (χ0n) is 9.69. The van der Waals surface area contributed by atoms with Crippen molar-refractivity contribution in [2.24, 2.45) is 5.73 Å². The molecule has 1 aliphatic rings. The molecule has 1 saturated carbocycles. The SMILES string of the molecule is NC(=S)c1cccn1CC(=O)NC1CCCC1. The van der Waals surface area contributed by atoms with E-state index in [-0.39, 0.29) is 12.5 Å². The number of hydrogen-bond acceptors (Lipinski definition) is 2. The van der Waals surface area contributed by atoms with Crippen molar-refractivity contribution >= 4 is 23.1 Å². The lowest BCUT2D eigenvalue weighted by Crippen LogP contribution is -2.35. The van der Waals surface area contributed by atoms with Crippen molar-refractivity contribution in [3.63, 3.8) is 0 Å². The van der Waals surface area contributed by atoms with Crippen LogP contribution in [0.15, 0.2) is 18.3 Å². The summed E-state index contributed by atoms with van der Waals surface area (Å²) in [5.41, 5.74) is 6.31. The summed E-state index contributed by atoms with van der Waals surface area (Å²) >= 11 is 4.92. The highest BCUT2D eigenvalue weighted by Crippen LogP contribution is 2.17. The Morgan fingerprint density at radius 3 is 2.88 bits per heavy atom. The molecule has 17 heavy (non-hydrogen) atoms. The molecule has 1 heterocycles. The minimum atomic E-state index is 0.0330. The molecule has 1 aromatic rings. The van der Waals surface area contributed by atoms with Gasteiger partial charge in [0, 0.05) is 12.2 Å². The van der Waals surface area contributed by atoms with Gasteiger partial charge in [-0.1, -0.05) is 25.1 Å². The van der Waals surface area contributed by atoms with Gasteiger partial charge in [-0.3, -0.25) is 4.79 Å². The Kier molecular flexibility index (Phi) is 3.78. The van der Waals surface area contributed by atoms with Gasteiger partial charge in [0.05, 0.1) is 5.69 Å². The third-order valence-electron chi connectivity index (χ3n) is 3.12. The van der Waals surface area contributed by atoms with Gasteiger partial charge in [0.25, 0.3) is 0 Å². The number of rotatable bonds is 4. The first-order valence-corrected chi connectivity index (χ1v) is 6.32. The molecule has 0 bridgehead atoms. The quantitative estimate of drug-likeness (QED) is 0.790. The van der Waals surface area contributed by atoms with Crippen LogP contribution in [0.25, 0.3) is 0 Å². The van der Waals surface area contributed by atoms with Gasteiger partial charge >= 0.3 is 0 Å². The largest absolute Gasteiger partial charge is 0.388 e. The zero-order chi connectivity index (χ0) is 12.3. The van der Waals surface area contributed by atoms with Gasteiger partial charge in [-0.15, -0.1) is 0 Å². The smallest absolute Gasteiger partial charge is 0.240 e. The van der Waals surface area contributed by atoms with E-state index < -0.39 is 0 Å². The van der Waals surface area contributed by atoms with E-state index in [9.17, 15) is 4.79 Å². The number of nitrogens with zero attached hydrogens (tertiary/aromatic N) is 1. The molecule has 4 nitrogen and oxygen atoms in total. The summed E-state index contributed by atoms with van der Waals surface area (Å²) in [5.74, 6) is 0.0330. The topological polar surface area (TPSA) is 60.0 Å². The molecule has 2 rings (SSSR count). The second-order valence-corrected chi connectivity index (χ2v) is 4.87. The lowest BCUT2D eigenvalue weighted by atomic mass is 10.2. The Morgan fingerprint density at radius 2 is 2.24 bits per heavy atom. The van der Waals surface area contributed by atoms with Crippen LogP contribution in [-0.4, -0.2) is 21.5 Å². The summed E-state index contributed by atoms with van der Waals surface area (Å²) < 4.78 is 1.78. The Labute approximate surface area is 106 Å². The van der Waals surface area contributed by atoms with Crippen molar-refractivity contribution in [3.8, 4) is 0 Å². The van der Waals surface area contributed by atoms with Crippen molar-refractivity contribution in [2.45, 2.75) is 38.3 Å². The van der Waals surface area contributed by atoms with Crippen molar-refractivity contribution in [1.82, 2.24) is 9.88 Å². The number of carbonyl (C=O) groups is 1. The second-order valence-electron chi connectivity index (χ2n) is 4.43. The van der Waals surface area contributed by atoms with E-state index in [1.165, 1.54) is 12.8 Å². The fraction of sp³-hybridized carbons (Fsp3) is 0.500. The number of nitrogens with two attached hydrogens (primary N) is 1. The predicted molar refractivity (Wildman–Crippen MR) is 70.7 cm³/mol. The molecule has 0 aliphatic heterocycles. The van der Waals surface area contributed by atoms with Gasteiger partial charge in [0.1, 0.15) is 11.5 Å². The highest BCUT2D eigenvalue weighted by atomic mass is 32.1. The van der Waals surface area contributed by atoms with Gasteiger partial charge in [0.15, 0.2) is 0 Å². The maximum atomic E-state index is 11.8.